The van der Waals surface area contributed by atoms with Crippen molar-refractivity contribution in [3.63, 3.8) is 0 Å². The number of nitrogens with two attached hydrogens (primary N) is 1. The number of hydrogen-bond donors (Lipinski definition) is 3. The molecule has 1 amide bonds. The summed E-state index contributed by atoms with van der Waals surface area (Å²) >= 11 is 0. The number of benzene rings is 1. The first-order valence-electron chi connectivity index (χ1n) is 6.45. The molecule has 0 aliphatic heterocycles. The summed E-state index contributed by atoms with van der Waals surface area (Å²) in [6.45, 7) is 4.23. The lowest BCUT2D eigenvalue weighted by atomic mass is 10.1. The summed E-state index contributed by atoms with van der Waals surface area (Å²) in [6, 6.07) is 5.04. The van der Waals surface area contributed by atoms with Gasteiger partial charge in [-0.2, -0.15) is 0 Å². The van der Waals surface area contributed by atoms with Gasteiger partial charge in [-0.25, -0.2) is 4.79 Å². The normalized spacial score (nSPS) is 10.2. The average molecular weight is 279 g/mol. The molecule has 20 heavy (non-hydrogen) atoms. The van der Waals surface area contributed by atoms with Gasteiger partial charge in [0.25, 0.3) is 0 Å². The van der Waals surface area contributed by atoms with Crippen LogP contribution in [-0.2, 0) is 9.53 Å². The van der Waals surface area contributed by atoms with Crippen molar-refractivity contribution < 1.29 is 14.3 Å². The molecular weight excluding hydrogens is 258 g/mol. The van der Waals surface area contributed by atoms with Crippen LogP contribution in [0.1, 0.15) is 30.6 Å². The second-order valence-electron chi connectivity index (χ2n) is 4.70. The molecule has 6 nitrogen and oxygen atoms in total. The minimum absolute atomic E-state index is 0.0393. The predicted molar refractivity (Wildman–Crippen MR) is 78.6 cm³/mol. The van der Waals surface area contributed by atoms with Gasteiger partial charge in [-0.3, -0.25) is 4.79 Å². The van der Waals surface area contributed by atoms with Gasteiger partial charge >= 0.3 is 5.97 Å². The highest BCUT2D eigenvalue weighted by atomic mass is 16.5. The van der Waals surface area contributed by atoms with Gasteiger partial charge in [0.2, 0.25) is 5.91 Å². The number of nitrogens with one attached hydrogen (secondary N) is 2. The molecule has 0 bridgehead atoms. The number of amides is 1. The smallest absolute Gasteiger partial charge is 0.340 e. The molecule has 0 fully saturated rings. The largest absolute Gasteiger partial charge is 0.465 e. The molecule has 0 radical (unpaired) electrons. The van der Waals surface area contributed by atoms with Gasteiger partial charge in [0.15, 0.2) is 0 Å². The van der Waals surface area contributed by atoms with Gasteiger partial charge < -0.3 is 21.1 Å². The van der Waals surface area contributed by atoms with Crippen LogP contribution in [0.4, 0.5) is 11.4 Å². The van der Waals surface area contributed by atoms with Crippen molar-refractivity contribution in [3.05, 3.63) is 23.8 Å². The van der Waals surface area contributed by atoms with E-state index in [4.69, 9.17) is 10.5 Å². The molecule has 0 aromatic heterocycles. The predicted octanol–water partition coefficient (Wildman–Crippen LogP) is 1.38. The summed E-state index contributed by atoms with van der Waals surface area (Å²) < 4.78 is 4.70. The topological polar surface area (TPSA) is 93.4 Å². The molecule has 1 rings (SSSR count). The fraction of sp³-hybridized carbons (Fsp3) is 0.429. The second-order valence-corrected chi connectivity index (χ2v) is 4.70. The Hall–Kier alpha value is -2.24. The van der Waals surface area contributed by atoms with Crippen LogP contribution in [0.2, 0.25) is 0 Å². The molecular formula is C14H21N3O3. The van der Waals surface area contributed by atoms with Crippen molar-refractivity contribution in [1.82, 2.24) is 5.32 Å². The van der Waals surface area contributed by atoms with Crippen molar-refractivity contribution in [2.24, 2.45) is 0 Å². The standard InChI is InChI=1S/C14H21N3O3/c1-9(2)17-13(18)6-7-16-12-5-4-10(15)8-11(12)14(19)20-3/h4-5,8-9,16H,6-7,15H2,1-3H3,(H,17,18). The zero-order valence-electron chi connectivity index (χ0n) is 12.0. The van der Waals surface area contributed by atoms with E-state index in [9.17, 15) is 9.59 Å². The van der Waals surface area contributed by atoms with E-state index in [0.717, 1.165) is 0 Å². The highest BCUT2D eigenvalue weighted by molar-refractivity contribution is 5.96. The van der Waals surface area contributed by atoms with E-state index in [1.165, 1.54) is 7.11 Å². The summed E-state index contributed by atoms with van der Waals surface area (Å²) in [6.07, 6.45) is 0.323. The van der Waals surface area contributed by atoms with E-state index in [-0.39, 0.29) is 11.9 Å². The van der Waals surface area contributed by atoms with Crippen LogP contribution in [-0.4, -0.2) is 31.6 Å². The lowest BCUT2D eigenvalue weighted by molar-refractivity contribution is -0.121. The molecule has 1 aromatic rings. The summed E-state index contributed by atoms with van der Waals surface area (Å²) in [4.78, 5) is 23.1. The van der Waals surface area contributed by atoms with Crippen LogP contribution in [0.5, 0.6) is 0 Å². The fourth-order valence-electron chi connectivity index (χ4n) is 1.70. The van der Waals surface area contributed by atoms with E-state index in [1.807, 2.05) is 13.8 Å². The van der Waals surface area contributed by atoms with Crippen molar-refractivity contribution in [2.75, 3.05) is 24.7 Å². The Kier molecular flexibility index (Phi) is 5.83. The lowest BCUT2D eigenvalue weighted by Gasteiger charge is -2.12. The SMILES string of the molecule is COC(=O)c1cc(N)ccc1NCCC(=O)NC(C)C. The van der Waals surface area contributed by atoms with Crippen molar-refractivity contribution in [2.45, 2.75) is 26.3 Å². The van der Waals surface area contributed by atoms with Crippen molar-refractivity contribution in [1.29, 1.82) is 0 Å². The van der Waals surface area contributed by atoms with E-state index in [0.29, 0.717) is 29.9 Å². The molecule has 0 aliphatic carbocycles. The molecule has 110 valence electrons. The zero-order chi connectivity index (χ0) is 15.1. The third kappa shape index (κ3) is 4.79. The number of nitrogen functional groups attached to an aromatic ring is 1. The van der Waals surface area contributed by atoms with Crippen molar-refractivity contribution >= 4 is 23.3 Å². The van der Waals surface area contributed by atoms with Gasteiger partial charge in [0.1, 0.15) is 0 Å². The van der Waals surface area contributed by atoms with Crippen LogP contribution >= 0.6 is 0 Å². The quantitative estimate of drug-likeness (QED) is 0.540. The van der Waals surface area contributed by atoms with Crippen LogP contribution in [0, 0.1) is 0 Å². The highest BCUT2D eigenvalue weighted by Gasteiger charge is 2.12. The second kappa shape index (κ2) is 7.37. The van der Waals surface area contributed by atoms with Gasteiger partial charge in [0.05, 0.1) is 12.7 Å². The molecule has 0 spiro atoms. The molecule has 0 atom stereocenters. The monoisotopic (exact) mass is 279 g/mol. The Morgan fingerprint density at radius 2 is 2.05 bits per heavy atom. The number of hydrogen-bond acceptors (Lipinski definition) is 5. The molecule has 6 heteroatoms. The first-order valence-corrected chi connectivity index (χ1v) is 6.45. The maximum absolute atomic E-state index is 11.6. The minimum Gasteiger partial charge on any atom is -0.465 e. The zero-order valence-corrected chi connectivity index (χ0v) is 12.0. The maximum Gasteiger partial charge on any atom is 0.340 e. The lowest BCUT2D eigenvalue weighted by Crippen LogP contribution is -2.31. The Morgan fingerprint density at radius 1 is 1.35 bits per heavy atom. The Morgan fingerprint density at radius 3 is 2.65 bits per heavy atom. The van der Waals surface area contributed by atoms with E-state index in [2.05, 4.69) is 10.6 Å². The van der Waals surface area contributed by atoms with Gasteiger partial charge in [-0.05, 0) is 32.0 Å². The summed E-state index contributed by atoms with van der Waals surface area (Å²) in [5.41, 5.74) is 7.09. The van der Waals surface area contributed by atoms with Crippen LogP contribution < -0.4 is 16.4 Å². The molecule has 4 N–H and O–H groups in total. The van der Waals surface area contributed by atoms with Gasteiger partial charge in [-0.1, -0.05) is 0 Å². The number of anilines is 2. The minimum atomic E-state index is -0.466. The Balaban J connectivity index is 2.64. The molecule has 0 saturated heterocycles. The number of rotatable bonds is 6. The Bertz CT molecular complexity index is 487. The molecule has 0 heterocycles. The van der Waals surface area contributed by atoms with Crippen LogP contribution in [0.15, 0.2) is 18.2 Å². The van der Waals surface area contributed by atoms with Gasteiger partial charge in [0, 0.05) is 30.4 Å². The molecule has 1 aromatic carbocycles. The fourth-order valence-corrected chi connectivity index (χ4v) is 1.70. The summed E-state index contributed by atoms with van der Waals surface area (Å²) in [5.74, 6) is -0.506. The van der Waals surface area contributed by atoms with Gasteiger partial charge in [-0.15, -0.1) is 0 Å². The maximum atomic E-state index is 11.6. The number of carbonyl (C=O) groups excluding carboxylic acids is 2. The number of esters is 1. The van der Waals surface area contributed by atoms with E-state index >= 15 is 0 Å². The third-order valence-electron chi connectivity index (χ3n) is 2.57. The van der Waals surface area contributed by atoms with Crippen LogP contribution in [0.3, 0.4) is 0 Å². The van der Waals surface area contributed by atoms with Crippen LogP contribution in [0.25, 0.3) is 0 Å². The highest BCUT2D eigenvalue weighted by Crippen LogP contribution is 2.19. The molecule has 0 aliphatic rings. The van der Waals surface area contributed by atoms with E-state index < -0.39 is 5.97 Å². The molecule has 0 unspecified atom stereocenters. The average Bonchev–Trinajstić information content (AvgIpc) is 2.38. The number of carbonyl (C=O) groups is 2. The Labute approximate surface area is 118 Å². The number of ether oxygens (including phenoxy) is 1. The first-order chi connectivity index (χ1) is 9.43. The molecule has 0 saturated carbocycles. The van der Waals surface area contributed by atoms with E-state index in [1.54, 1.807) is 18.2 Å². The third-order valence-corrected chi connectivity index (χ3v) is 2.57. The summed E-state index contributed by atoms with van der Waals surface area (Å²) in [5, 5.41) is 5.84. The number of methoxy groups -OCH3 is 1. The summed E-state index contributed by atoms with van der Waals surface area (Å²) in [7, 11) is 1.31. The first kappa shape index (κ1) is 15.8. The van der Waals surface area contributed by atoms with Crippen molar-refractivity contribution in [3.8, 4) is 0 Å².